The maximum atomic E-state index is 11.4. The van der Waals surface area contributed by atoms with Gasteiger partial charge in [0.2, 0.25) is 6.79 Å². The van der Waals surface area contributed by atoms with Gasteiger partial charge in [-0.05, 0) is 26.7 Å². The van der Waals surface area contributed by atoms with Crippen molar-refractivity contribution in [1.82, 2.24) is 0 Å². The molecule has 0 aromatic carbocycles. The maximum absolute atomic E-state index is 11.4. The number of carbonyl (C=O) groups excluding carboxylic acids is 2. The Balaban J connectivity index is 3.78. The van der Waals surface area contributed by atoms with Crippen molar-refractivity contribution in [3.8, 4) is 0 Å². The summed E-state index contributed by atoms with van der Waals surface area (Å²) in [6.07, 6.45) is 1.77. The van der Waals surface area contributed by atoms with Gasteiger partial charge in [-0.2, -0.15) is 0 Å². The average molecular weight is 216 g/mol. The zero-order chi connectivity index (χ0) is 11.9. The van der Waals surface area contributed by atoms with Crippen molar-refractivity contribution in [3.05, 3.63) is 0 Å². The molecule has 4 heteroatoms. The minimum atomic E-state index is -0.517. The van der Waals surface area contributed by atoms with Crippen LogP contribution in [0.15, 0.2) is 0 Å². The minimum absolute atomic E-state index is 0.277. The minimum Gasteiger partial charge on any atom is -0.428 e. The van der Waals surface area contributed by atoms with Crippen molar-refractivity contribution in [1.29, 1.82) is 0 Å². The van der Waals surface area contributed by atoms with Crippen molar-refractivity contribution in [2.24, 2.45) is 5.41 Å². The first-order valence-electron chi connectivity index (χ1n) is 5.27. The summed E-state index contributed by atoms with van der Waals surface area (Å²) in [4.78, 5) is 22.4. The normalized spacial score (nSPS) is 10.9. The third-order valence-corrected chi connectivity index (χ3v) is 2.30. The van der Waals surface area contributed by atoms with Crippen LogP contribution in [-0.2, 0) is 19.1 Å². The Kier molecular flexibility index (Phi) is 5.97. The molecule has 0 saturated carbocycles. The van der Waals surface area contributed by atoms with E-state index in [1.165, 1.54) is 0 Å². The summed E-state index contributed by atoms with van der Waals surface area (Å²) in [6, 6.07) is 0. The predicted octanol–water partition coefficient (Wildman–Crippen LogP) is 2.27. The summed E-state index contributed by atoms with van der Waals surface area (Å²) >= 11 is 0. The molecule has 0 aromatic heterocycles. The second-order valence-corrected chi connectivity index (χ2v) is 4.05. The van der Waals surface area contributed by atoms with Crippen molar-refractivity contribution in [3.63, 3.8) is 0 Å². The lowest BCUT2D eigenvalue weighted by molar-refractivity contribution is -0.173. The molecule has 0 unspecified atom stereocenters. The van der Waals surface area contributed by atoms with Gasteiger partial charge in [-0.3, -0.25) is 9.59 Å². The van der Waals surface area contributed by atoms with Crippen LogP contribution in [0.3, 0.4) is 0 Å². The third-order valence-electron chi connectivity index (χ3n) is 2.30. The highest BCUT2D eigenvalue weighted by molar-refractivity contribution is 5.76. The first kappa shape index (κ1) is 13.9. The van der Waals surface area contributed by atoms with Crippen LogP contribution >= 0.6 is 0 Å². The van der Waals surface area contributed by atoms with Crippen LogP contribution in [0.4, 0.5) is 0 Å². The van der Waals surface area contributed by atoms with Gasteiger partial charge in [-0.1, -0.05) is 13.8 Å². The molecule has 0 aliphatic heterocycles. The van der Waals surface area contributed by atoms with Crippen LogP contribution in [-0.4, -0.2) is 18.7 Å². The topological polar surface area (TPSA) is 52.6 Å². The molecule has 88 valence electrons. The van der Waals surface area contributed by atoms with Crippen molar-refractivity contribution >= 4 is 11.9 Å². The molecule has 0 aromatic rings. The third kappa shape index (κ3) is 5.40. The molecule has 0 N–H and O–H groups in total. The second kappa shape index (κ2) is 6.43. The lowest BCUT2D eigenvalue weighted by Crippen LogP contribution is -2.27. The Bertz CT molecular complexity index is 221. The Hall–Kier alpha value is -1.06. The van der Waals surface area contributed by atoms with Gasteiger partial charge < -0.3 is 9.47 Å². The zero-order valence-corrected chi connectivity index (χ0v) is 9.96. The molecule has 0 aliphatic carbocycles. The van der Waals surface area contributed by atoms with Gasteiger partial charge in [0.25, 0.3) is 0 Å². The number of hydrogen-bond donors (Lipinski definition) is 0. The van der Waals surface area contributed by atoms with Crippen molar-refractivity contribution < 1.29 is 19.1 Å². The molecule has 0 radical (unpaired) electrons. The lowest BCUT2D eigenvalue weighted by atomic mass is 9.91. The highest BCUT2D eigenvalue weighted by Crippen LogP contribution is 2.21. The van der Waals surface area contributed by atoms with Gasteiger partial charge in [0.1, 0.15) is 0 Å². The quantitative estimate of drug-likeness (QED) is 0.505. The smallest absolute Gasteiger partial charge is 0.314 e. The molecule has 0 bridgehead atoms. The fraction of sp³-hybridized carbons (Fsp3) is 0.818. The Morgan fingerprint density at radius 3 is 2.20 bits per heavy atom. The van der Waals surface area contributed by atoms with Gasteiger partial charge in [0.05, 0.1) is 5.41 Å². The fourth-order valence-electron chi connectivity index (χ4n) is 0.765. The van der Waals surface area contributed by atoms with Crippen molar-refractivity contribution in [2.75, 3.05) is 6.79 Å². The van der Waals surface area contributed by atoms with E-state index in [1.54, 1.807) is 13.8 Å². The standard InChI is InChI=1S/C11H20O4/c1-5-7-9(12)14-8-15-10(13)11(3,4)6-2/h5-8H2,1-4H3. The van der Waals surface area contributed by atoms with E-state index in [2.05, 4.69) is 0 Å². The summed E-state index contributed by atoms with van der Waals surface area (Å²) < 4.78 is 9.54. The Labute approximate surface area is 90.9 Å². The molecule has 0 heterocycles. The monoisotopic (exact) mass is 216 g/mol. The molecule has 15 heavy (non-hydrogen) atoms. The summed E-state index contributed by atoms with van der Waals surface area (Å²) in [7, 11) is 0. The molecule has 0 atom stereocenters. The summed E-state index contributed by atoms with van der Waals surface area (Å²) in [5.41, 5.74) is -0.517. The maximum Gasteiger partial charge on any atom is 0.314 e. The molecule has 0 spiro atoms. The van der Waals surface area contributed by atoms with Crippen LogP contribution in [0, 0.1) is 5.41 Å². The summed E-state index contributed by atoms with van der Waals surface area (Å²) in [5, 5.41) is 0. The van der Waals surface area contributed by atoms with Crippen LogP contribution in [0.2, 0.25) is 0 Å². The molecule has 0 rings (SSSR count). The van der Waals surface area contributed by atoms with E-state index in [0.29, 0.717) is 12.8 Å². The van der Waals surface area contributed by atoms with E-state index in [9.17, 15) is 9.59 Å². The van der Waals surface area contributed by atoms with E-state index < -0.39 is 5.41 Å². The predicted molar refractivity (Wildman–Crippen MR) is 56.0 cm³/mol. The lowest BCUT2D eigenvalue weighted by Gasteiger charge is -2.19. The SMILES string of the molecule is CCCC(=O)OCOC(=O)C(C)(C)CC. The molecule has 0 amide bonds. The first-order chi connectivity index (χ1) is 6.94. The number of hydrogen-bond acceptors (Lipinski definition) is 4. The Morgan fingerprint density at radius 1 is 1.13 bits per heavy atom. The van der Waals surface area contributed by atoms with Crippen LogP contribution < -0.4 is 0 Å². The van der Waals surface area contributed by atoms with Crippen LogP contribution in [0.25, 0.3) is 0 Å². The molecular weight excluding hydrogens is 196 g/mol. The van der Waals surface area contributed by atoms with Gasteiger partial charge in [-0.15, -0.1) is 0 Å². The highest BCUT2D eigenvalue weighted by Gasteiger charge is 2.27. The van der Waals surface area contributed by atoms with E-state index in [1.807, 2.05) is 13.8 Å². The van der Waals surface area contributed by atoms with Gasteiger partial charge >= 0.3 is 11.9 Å². The summed E-state index contributed by atoms with van der Waals surface area (Å²) in [5.74, 6) is -0.672. The van der Waals surface area contributed by atoms with Crippen LogP contribution in [0.1, 0.15) is 47.0 Å². The van der Waals surface area contributed by atoms with E-state index in [0.717, 1.165) is 6.42 Å². The number of carbonyl (C=O) groups is 2. The first-order valence-corrected chi connectivity index (χ1v) is 5.27. The zero-order valence-electron chi connectivity index (χ0n) is 9.96. The van der Waals surface area contributed by atoms with Crippen molar-refractivity contribution in [2.45, 2.75) is 47.0 Å². The van der Waals surface area contributed by atoms with E-state index in [-0.39, 0.29) is 18.7 Å². The molecule has 0 aliphatic rings. The molecule has 0 saturated heterocycles. The number of esters is 2. The largest absolute Gasteiger partial charge is 0.428 e. The fourth-order valence-corrected chi connectivity index (χ4v) is 0.765. The Morgan fingerprint density at radius 2 is 1.73 bits per heavy atom. The van der Waals surface area contributed by atoms with Gasteiger partial charge in [0.15, 0.2) is 0 Å². The number of ether oxygens (including phenoxy) is 2. The highest BCUT2D eigenvalue weighted by atomic mass is 16.7. The van der Waals surface area contributed by atoms with Gasteiger partial charge in [0, 0.05) is 6.42 Å². The van der Waals surface area contributed by atoms with Gasteiger partial charge in [-0.25, -0.2) is 0 Å². The summed E-state index contributed by atoms with van der Waals surface area (Å²) in [6.45, 7) is 7.10. The molecule has 4 nitrogen and oxygen atoms in total. The molecule has 0 fully saturated rings. The van der Waals surface area contributed by atoms with Crippen LogP contribution in [0.5, 0.6) is 0 Å². The van der Waals surface area contributed by atoms with E-state index in [4.69, 9.17) is 9.47 Å². The molecular formula is C11H20O4. The van der Waals surface area contributed by atoms with E-state index >= 15 is 0 Å². The second-order valence-electron chi connectivity index (χ2n) is 4.05. The number of rotatable bonds is 6. The average Bonchev–Trinajstić information content (AvgIpc) is 2.18.